The Bertz CT molecular complexity index is 717. The minimum atomic E-state index is -0.518. The second-order valence-electron chi connectivity index (χ2n) is 7.32. The first-order chi connectivity index (χ1) is 11.1. The van der Waals surface area contributed by atoms with Crippen molar-refractivity contribution in [1.82, 2.24) is 24.9 Å². The fourth-order valence-electron chi connectivity index (χ4n) is 2.13. The topological polar surface area (TPSA) is 93.4 Å². The van der Waals surface area contributed by atoms with Gasteiger partial charge in [-0.05, 0) is 41.0 Å². The van der Waals surface area contributed by atoms with Crippen LogP contribution in [0.25, 0.3) is 5.78 Å². The fourth-order valence-corrected chi connectivity index (χ4v) is 2.13. The minimum Gasteiger partial charge on any atom is -0.444 e. The Kier molecular flexibility index (Phi) is 4.96. The van der Waals surface area contributed by atoms with E-state index in [1.807, 2.05) is 47.6 Å². The lowest BCUT2D eigenvalue weighted by molar-refractivity contribution is 0.0520. The summed E-state index contributed by atoms with van der Waals surface area (Å²) in [5.41, 5.74) is -0.00781. The first-order valence-electron chi connectivity index (χ1n) is 8.04. The molecule has 132 valence electrons. The largest absolute Gasteiger partial charge is 0.444 e. The molecule has 0 aliphatic carbocycles. The number of nitrogens with zero attached hydrogens (tertiary/aromatic N) is 4. The van der Waals surface area contributed by atoms with E-state index < -0.39 is 17.2 Å². The Balaban J connectivity index is 2.09. The van der Waals surface area contributed by atoms with Gasteiger partial charge in [-0.1, -0.05) is 6.92 Å². The molecule has 0 radical (unpaired) electrons. The van der Waals surface area contributed by atoms with Gasteiger partial charge in [0.25, 0.3) is 5.78 Å². The van der Waals surface area contributed by atoms with Crippen LogP contribution < -0.4 is 10.6 Å². The van der Waals surface area contributed by atoms with E-state index in [1.165, 1.54) is 6.33 Å². The van der Waals surface area contributed by atoms with Crippen molar-refractivity contribution in [1.29, 1.82) is 0 Å². The predicted octanol–water partition coefficient (Wildman–Crippen LogP) is 2.40. The molecule has 0 bridgehead atoms. The zero-order valence-electron chi connectivity index (χ0n) is 15.2. The number of hydrogen-bond donors (Lipinski definition) is 2. The number of rotatable bonds is 5. The Morgan fingerprint density at radius 1 is 1.29 bits per heavy atom. The van der Waals surface area contributed by atoms with Gasteiger partial charge in [-0.25, -0.2) is 9.78 Å². The normalized spacial score (nSPS) is 12.2. The van der Waals surface area contributed by atoms with E-state index in [9.17, 15) is 4.79 Å². The van der Waals surface area contributed by atoms with Crippen LogP contribution in [0.15, 0.2) is 12.4 Å². The first-order valence-corrected chi connectivity index (χ1v) is 8.04. The van der Waals surface area contributed by atoms with Crippen molar-refractivity contribution in [3.63, 3.8) is 0 Å². The minimum absolute atomic E-state index is 0.391. The molecule has 0 atom stereocenters. The molecule has 1 amide bonds. The average molecular weight is 334 g/mol. The lowest BCUT2D eigenvalue weighted by Gasteiger charge is -2.29. The number of fused-ring (bicyclic) bond motifs is 1. The molecule has 8 nitrogen and oxygen atoms in total. The third-order valence-corrected chi connectivity index (χ3v) is 3.21. The monoisotopic (exact) mass is 334 g/mol. The number of ether oxygens (including phenoxy) is 1. The van der Waals surface area contributed by atoms with Crippen LogP contribution in [0.5, 0.6) is 0 Å². The number of anilines is 1. The molecule has 0 fully saturated rings. The SMILES string of the molecule is CCc1cc(NC(C)(C)CNC(=O)OC(C)(C)C)n2ncnc2n1. The second-order valence-corrected chi connectivity index (χ2v) is 7.32. The summed E-state index contributed by atoms with van der Waals surface area (Å²) in [6, 6.07) is 1.94. The van der Waals surface area contributed by atoms with Gasteiger partial charge in [0, 0.05) is 18.3 Å². The molecule has 2 aromatic rings. The van der Waals surface area contributed by atoms with Gasteiger partial charge < -0.3 is 15.4 Å². The molecular weight excluding hydrogens is 308 g/mol. The smallest absolute Gasteiger partial charge is 0.407 e. The summed E-state index contributed by atoms with van der Waals surface area (Å²) < 4.78 is 6.91. The number of nitrogens with one attached hydrogen (secondary N) is 2. The van der Waals surface area contributed by atoms with Gasteiger partial charge in [0.2, 0.25) is 0 Å². The van der Waals surface area contributed by atoms with E-state index in [4.69, 9.17) is 4.74 Å². The zero-order valence-corrected chi connectivity index (χ0v) is 15.2. The van der Waals surface area contributed by atoms with Crippen LogP contribution in [0.2, 0.25) is 0 Å². The maximum absolute atomic E-state index is 11.8. The molecule has 8 heteroatoms. The lowest BCUT2D eigenvalue weighted by atomic mass is 10.1. The molecule has 0 aromatic carbocycles. The second kappa shape index (κ2) is 6.62. The number of hydrogen-bond acceptors (Lipinski definition) is 6. The molecule has 0 unspecified atom stereocenters. The zero-order chi connectivity index (χ0) is 18.0. The van der Waals surface area contributed by atoms with E-state index >= 15 is 0 Å². The summed E-state index contributed by atoms with van der Waals surface area (Å²) in [6.07, 6.45) is 1.83. The molecule has 2 N–H and O–H groups in total. The molecule has 0 saturated carbocycles. The average Bonchev–Trinajstić information content (AvgIpc) is 2.91. The number of aryl methyl sites for hydroxylation is 1. The first kappa shape index (κ1) is 18.0. The summed E-state index contributed by atoms with van der Waals surface area (Å²) in [5.74, 6) is 1.33. The lowest BCUT2D eigenvalue weighted by Crippen LogP contribution is -2.45. The van der Waals surface area contributed by atoms with E-state index in [-0.39, 0.29) is 0 Å². The molecule has 0 spiro atoms. The Labute approximate surface area is 142 Å². The van der Waals surface area contributed by atoms with Crippen LogP contribution in [-0.2, 0) is 11.2 Å². The number of alkyl carbamates (subject to hydrolysis) is 1. The standard InChI is InChI=1S/C16H26N6O2/c1-7-11-8-12(22-13(20-11)18-10-19-22)21-16(5,6)9-17-14(23)24-15(2,3)4/h8,10,21H,7,9H2,1-6H3,(H,17,23). The van der Waals surface area contributed by atoms with E-state index in [2.05, 4.69) is 25.7 Å². The van der Waals surface area contributed by atoms with E-state index in [1.54, 1.807) is 4.52 Å². The van der Waals surface area contributed by atoms with Crippen molar-refractivity contribution >= 4 is 17.7 Å². The van der Waals surface area contributed by atoms with E-state index in [0.717, 1.165) is 17.9 Å². The van der Waals surface area contributed by atoms with Crippen LogP contribution in [0.3, 0.4) is 0 Å². The van der Waals surface area contributed by atoms with Crippen LogP contribution in [0.4, 0.5) is 10.6 Å². The summed E-state index contributed by atoms with van der Waals surface area (Å²) in [5, 5.41) is 10.4. The molecule has 0 saturated heterocycles. The quantitative estimate of drug-likeness (QED) is 0.872. The maximum atomic E-state index is 11.8. The van der Waals surface area contributed by atoms with Crippen molar-refractivity contribution in [2.45, 2.75) is 59.1 Å². The van der Waals surface area contributed by atoms with Gasteiger partial charge in [-0.15, -0.1) is 0 Å². The Hall–Kier alpha value is -2.38. The molecular formula is C16H26N6O2. The third-order valence-electron chi connectivity index (χ3n) is 3.21. The molecule has 0 aliphatic heterocycles. The van der Waals surface area contributed by atoms with Gasteiger partial charge in [-0.3, -0.25) is 0 Å². The maximum Gasteiger partial charge on any atom is 0.407 e. The van der Waals surface area contributed by atoms with Crippen molar-refractivity contribution in [2.24, 2.45) is 0 Å². The summed E-state index contributed by atoms with van der Waals surface area (Å²) in [4.78, 5) is 20.4. The van der Waals surface area contributed by atoms with Crippen molar-refractivity contribution in [2.75, 3.05) is 11.9 Å². The highest BCUT2D eigenvalue weighted by Crippen LogP contribution is 2.17. The van der Waals surface area contributed by atoms with Crippen molar-refractivity contribution < 1.29 is 9.53 Å². The number of carbonyl (C=O) groups is 1. The summed E-state index contributed by atoms with van der Waals surface area (Å²) in [6.45, 7) is 11.9. The Morgan fingerprint density at radius 2 is 2.00 bits per heavy atom. The molecule has 0 aliphatic rings. The van der Waals surface area contributed by atoms with Crippen LogP contribution >= 0.6 is 0 Å². The van der Waals surface area contributed by atoms with Gasteiger partial charge in [0.1, 0.15) is 17.7 Å². The van der Waals surface area contributed by atoms with Gasteiger partial charge in [-0.2, -0.15) is 14.6 Å². The molecule has 2 rings (SSSR count). The van der Waals surface area contributed by atoms with Crippen LogP contribution in [-0.4, -0.2) is 43.4 Å². The highest BCUT2D eigenvalue weighted by atomic mass is 16.6. The molecule has 24 heavy (non-hydrogen) atoms. The van der Waals surface area contributed by atoms with Gasteiger partial charge in [0.15, 0.2) is 0 Å². The number of amides is 1. The van der Waals surface area contributed by atoms with Gasteiger partial charge >= 0.3 is 6.09 Å². The van der Waals surface area contributed by atoms with Gasteiger partial charge in [0.05, 0.1) is 5.54 Å². The summed E-state index contributed by atoms with van der Waals surface area (Å²) >= 11 is 0. The van der Waals surface area contributed by atoms with E-state index in [0.29, 0.717) is 12.3 Å². The highest BCUT2D eigenvalue weighted by molar-refractivity contribution is 5.67. The summed E-state index contributed by atoms with van der Waals surface area (Å²) in [7, 11) is 0. The Morgan fingerprint density at radius 3 is 2.62 bits per heavy atom. The molecule has 2 heterocycles. The highest BCUT2D eigenvalue weighted by Gasteiger charge is 2.23. The number of aromatic nitrogens is 4. The number of carbonyl (C=O) groups excluding carboxylic acids is 1. The van der Waals surface area contributed by atoms with Crippen molar-refractivity contribution in [3.8, 4) is 0 Å². The van der Waals surface area contributed by atoms with Crippen LogP contribution in [0, 0.1) is 0 Å². The third kappa shape index (κ3) is 4.81. The van der Waals surface area contributed by atoms with Crippen LogP contribution in [0.1, 0.15) is 47.2 Å². The van der Waals surface area contributed by atoms with Crippen molar-refractivity contribution in [3.05, 3.63) is 18.1 Å². The predicted molar refractivity (Wildman–Crippen MR) is 92.1 cm³/mol. The molecule has 2 aromatic heterocycles. The fraction of sp³-hybridized carbons (Fsp3) is 0.625.